The Morgan fingerprint density at radius 3 is 2.30 bits per heavy atom. The number of para-hydroxylation sites is 2. The molecule has 0 N–H and O–H groups in total. The van der Waals surface area contributed by atoms with Crippen LogP contribution >= 0.6 is 0 Å². The molecule has 6 heteroatoms. The lowest BCUT2D eigenvalue weighted by Crippen LogP contribution is -2.45. The maximum atomic E-state index is 13.5. The van der Waals surface area contributed by atoms with Gasteiger partial charge in [0.05, 0.1) is 10.6 Å². The molecule has 5 nitrogen and oxygen atoms in total. The minimum Gasteiger partial charge on any atom is -0.307 e. The topological polar surface area (TPSA) is 57.7 Å². The molecule has 1 heterocycles. The fourth-order valence-electron chi connectivity index (χ4n) is 3.89. The third-order valence-corrected chi connectivity index (χ3v) is 7.20. The molecule has 3 aromatic rings. The van der Waals surface area contributed by atoms with Crippen molar-refractivity contribution in [2.75, 3.05) is 15.7 Å². The molecule has 0 fully saturated rings. The first-order chi connectivity index (χ1) is 14.4. The summed E-state index contributed by atoms with van der Waals surface area (Å²) in [5, 5.41) is 0. The average Bonchev–Trinajstić information content (AvgIpc) is 3.08. The second-order valence-electron chi connectivity index (χ2n) is 7.61. The van der Waals surface area contributed by atoms with Crippen molar-refractivity contribution < 1.29 is 13.2 Å². The SMILES string of the molecule is Cc1ccc(S(=O)(=O)N(CC(=O)N2c3ccccc3C[C@@H]2C)c2ccccc2)cc1. The van der Waals surface area contributed by atoms with E-state index in [1.807, 2.05) is 44.2 Å². The van der Waals surface area contributed by atoms with Gasteiger partial charge in [0.1, 0.15) is 6.54 Å². The van der Waals surface area contributed by atoms with Gasteiger partial charge in [-0.15, -0.1) is 0 Å². The first-order valence-electron chi connectivity index (χ1n) is 9.92. The van der Waals surface area contributed by atoms with E-state index < -0.39 is 10.0 Å². The van der Waals surface area contributed by atoms with Crippen LogP contribution < -0.4 is 9.21 Å². The van der Waals surface area contributed by atoms with E-state index in [1.54, 1.807) is 53.4 Å². The van der Waals surface area contributed by atoms with Crippen LogP contribution in [0.25, 0.3) is 0 Å². The Morgan fingerprint density at radius 1 is 0.967 bits per heavy atom. The number of hydrogen-bond donors (Lipinski definition) is 0. The van der Waals surface area contributed by atoms with E-state index in [0.717, 1.165) is 23.2 Å². The Morgan fingerprint density at radius 2 is 1.60 bits per heavy atom. The number of nitrogens with zero attached hydrogens (tertiary/aromatic N) is 2. The molecule has 0 aliphatic carbocycles. The summed E-state index contributed by atoms with van der Waals surface area (Å²) < 4.78 is 28.2. The summed E-state index contributed by atoms with van der Waals surface area (Å²) in [7, 11) is -3.90. The van der Waals surface area contributed by atoms with Crippen LogP contribution in [0, 0.1) is 6.92 Å². The first-order valence-corrected chi connectivity index (χ1v) is 11.4. The molecule has 1 aliphatic heterocycles. The van der Waals surface area contributed by atoms with Crippen LogP contribution in [0.15, 0.2) is 83.8 Å². The first kappa shape index (κ1) is 20.2. The Labute approximate surface area is 177 Å². The van der Waals surface area contributed by atoms with Gasteiger partial charge >= 0.3 is 0 Å². The molecule has 0 bridgehead atoms. The number of rotatable bonds is 5. The Kier molecular flexibility index (Phi) is 5.35. The second-order valence-corrected chi connectivity index (χ2v) is 9.47. The monoisotopic (exact) mass is 420 g/mol. The highest BCUT2D eigenvalue weighted by atomic mass is 32.2. The number of carbonyl (C=O) groups is 1. The minimum absolute atomic E-state index is 0.0189. The average molecular weight is 421 g/mol. The summed E-state index contributed by atoms with van der Waals surface area (Å²) >= 11 is 0. The van der Waals surface area contributed by atoms with Crippen molar-refractivity contribution in [2.24, 2.45) is 0 Å². The highest BCUT2D eigenvalue weighted by Gasteiger charge is 2.34. The molecule has 154 valence electrons. The van der Waals surface area contributed by atoms with Crippen molar-refractivity contribution in [3.8, 4) is 0 Å². The van der Waals surface area contributed by atoms with Gasteiger partial charge in [-0.05, 0) is 56.2 Å². The summed E-state index contributed by atoms with van der Waals surface area (Å²) in [5.74, 6) is -0.244. The molecule has 4 rings (SSSR count). The third-order valence-electron chi connectivity index (χ3n) is 5.41. The van der Waals surface area contributed by atoms with E-state index in [1.165, 1.54) is 4.31 Å². The lowest BCUT2D eigenvalue weighted by atomic mass is 10.1. The summed E-state index contributed by atoms with van der Waals surface area (Å²) in [5.41, 5.74) is 3.40. The standard InChI is InChI=1S/C24H24N2O3S/c1-18-12-14-22(15-13-18)30(28,29)25(21-9-4-3-5-10-21)17-24(27)26-19(2)16-20-8-6-7-11-23(20)26/h3-15,19H,16-17H2,1-2H3/t19-/m0/s1. The van der Waals surface area contributed by atoms with Gasteiger partial charge in [0.25, 0.3) is 10.0 Å². The zero-order valence-electron chi connectivity index (χ0n) is 17.0. The van der Waals surface area contributed by atoms with Crippen LogP contribution in [0.4, 0.5) is 11.4 Å². The zero-order chi connectivity index (χ0) is 21.3. The van der Waals surface area contributed by atoms with Gasteiger partial charge in [0.2, 0.25) is 5.91 Å². The van der Waals surface area contributed by atoms with Crippen molar-refractivity contribution in [1.82, 2.24) is 0 Å². The number of anilines is 2. The van der Waals surface area contributed by atoms with Gasteiger partial charge in [0, 0.05) is 11.7 Å². The molecule has 1 atom stereocenters. The van der Waals surface area contributed by atoms with E-state index >= 15 is 0 Å². The van der Waals surface area contributed by atoms with Gasteiger partial charge < -0.3 is 4.90 Å². The minimum atomic E-state index is -3.90. The molecule has 0 saturated carbocycles. The van der Waals surface area contributed by atoms with Crippen LogP contribution in [0.5, 0.6) is 0 Å². The van der Waals surface area contributed by atoms with Gasteiger partial charge in [-0.25, -0.2) is 8.42 Å². The number of fused-ring (bicyclic) bond motifs is 1. The molecule has 0 aromatic heterocycles. The number of benzene rings is 3. The number of sulfonamides is 1. The van der Waals surface area contributed by atoms with Crippen LogP contribution in [0.3, 0.4) is 0 Å². The zero-order valence-corrected chi connectivity index (χ0v) is 17.8. The molecular formula is C24H24N2O3S. The molecule has 1 aliphatic rings. The number of amides is 1. The van der Waals surface area contributed by atoms with Crippen LogP contribution in [0.1, 0.15) is 18.1 Å². The van der Waals surface area contributed by atoms with E-state index in [-0.39, 0.29) is 23.4 Å². The number of carbonyl (C=O) groups excluding carboxylic acids is 1. The molecule has 30 heavy (non-hydrogen) atoms. The van der Waals surface area contributed by atoms with Crippen molar-refractivity contribution in [2.45, 2.75) is 31.2 Å². The Hall–Kier alpha value is -3.12. The van der Waals surface area contributed by atoms with Crippen molar-refractivity contribution in [3.63, 3.8) is 0 Å². The second kappa shape index (κ2) is 7.95. The van der Waals surface area contributed by atoms with Crippen LogP contribution in [0.2, 0.25) is 0 Å². The highest BCUT2D eigenvalue weighted by molar-refractivity contribution is 7.92. The number of aryl methyl sites for hydroxylation is 1. The lowest BCUT2D eigenvalue weighted by molar-refractivity contribution is -0.117. The molecular weight excluding hydrogens is 396 g/mol. The largest absolute Gasteiger partial charge is 0.307 e. The van der Waals surface area contributed by atoms with E-state index in [0.29, 0.717) is 5.69 Å². The third kappa shape index (κ3) is 3.71. The van der Waals surface area contributed by atoms with Gasteiger partial charge in [-0.2, -0.15) is 0 Å². The quantitative estimate of drug-likeness (QED) is 0.623. The van der Waals surface area contributed by atoms with Crippen molar-refractivity contribution >= 4 is 27.3 Å². The number of hydrogen-bond acceptors (Lipinski definition) is 3. The summed E-state index contributed by atoms with van der Waals surface area (Å²) in [6.07, 6.45) is 0.762. The lowest BCUT2D eigenvalue weighted by Gasteiger charge is -2.29. The predicted octanol–water partition coefficient (Wildman–Crippen LogP) is 4.17. The maximum absolute atomic E-state index is 13.5. The fraction of sp³-hybridized carbons (Fsp3) is 0.208. The summed E-state index contributed by atoms with van der Waals surface area (Å²) in [4.78, 5) is 15.2. The molecule has 0 saturated heterocycles. The van der Waals surface area contributed by atoms with E-state index in [2.05, 4.69) is 0 Å². The molecule has 0 spiro atoms. The Bertz CT molecular complexity index is 1160. The predicted molar refractivity (Wildman–Crippen MR) is 119 cm³/mol. The molecule has 0 unspecified atom stereocenters. The van der Waals surface area contributed by atoms with Gasteiger partial charge in [-0.3, -0.25) is 9.10 Å². The normalized spacial score (nSPS) is 15.7. The van der Waals surface area contributed by atoms with E-state index in [4.69, 9.17) is 0 Å². The van der Waals surface area contributed by atoms with E-state index in [9.17, 15) is 13.2 Å². The fourth-order valence-corrected chi connectivity index (χ4v) is 5.31. The van der Waals surface area contributed by atoms with Crippen LogP contribution in [-0.4, -0.2) is 26.9 Å². The summed E-state index contributed by atoms with van der Waals surface area (Å²) in [6, 6.07) is 23.2. The highest BCUT2D eigenvalue weighted by Crippen LogP contribution is 2.33. The van der Waals surface area contributed by atoms with Gasteiger partial charge in [-0.1, -0.05) is 54.1 Å². The van der Waals surface area contributed by atoms with Crippen LogP contribution in [-0.2, 0) is 21.2 Å². The van der Waals surface area contributed by atoms with Gasteiger partial charge in [0.15, 0.2) is 0 Å². The molecule has 0 radical (unpaired) electrons. The molecule has 3 aromatic carbocycles. The molecule has 1 amide bonds. The van der Waals surface area contributed by atoms with Crippen molar-refractivity contribution in [3.05, 3.63) is 90.0 Å². The Balaban J connectivity index is 1.71. The smallest absolute Gasteiger partial charge is 0.264 e. The maximum Gasteiger partial charge on any atom is 0.264 e. The summed E-state index contributed by atoms with van der Waals surface area (Å²) in [6.45, 7) is 3.62. The van der Waals surface area contributed by atoms with Crippen molar-refractivity contribution in [1.29, 1.82) is 0 Å².